The number of rotatable bonds is 3. The van der Waals surface area contributed by atoms with Crippen LogP contribution in [0.25, 0.3) is 0 Å². The minimum Gasteiger partial charge on any atom is -0.469 e. The molecule has 17 heavy (non-hydrogen) atoms. The molecule has 0 bridgehead atoms. The summed E-state index contributed by atoms with van der Waals surface area (Å²) in [5.74, 6) is 1.09. The molecule has 1 atom stereocenters. The number of esters is 1. The van der Waals surface area contributed by atoms with Gasteiger partial charge in [-0.05, 0) is 19.4 Å². The van der Waals surface area contributed by atoms with Crippen LogP contribution in [0, 0.1) is 12.8 Å². The third-order valence-corrected chi connectivity index (χ3v) is 2.97. The van der Waals surface area contributed by atoms with Crippen LogP contribution in [0.1, 0.15) is 24.6 Å². The molecule has 1 aliphatic heterocycles. The Morgan fingerprint density at radius 1 is 1.65 bits per heavy atom. The second-order valence-corrected chi connectivity index (χ2v) is 4.33. The number of nitrogens with zero attached hydrogens (tertiary/aromatic N) is 3. The summed E-state index contributed by atoms with van der Waals surface area (Å²) in [6, 6.07) is 0. The highest BCUT2D eigenvalue weighted by Gasteiger charge is 2.27. The van der Waals surface area contributed by atoms with E-state index in [2.05, 4.69) is 15.0 Å². The number of piperidine rings is 1. The quantitative estimate of drug-likeness (QED) is 0.725. The van der Waals surface area contributed by atoms with Crippen LogP contribution in [0.2, 0.25) is 0 Å². The molecule has 1 saturated heterocycles. The van der Waals surface area contributed by atoms with Crippen molar-refractivity contribution >= 4 is 5.97 Å². The van der Waals surface area contributed by atoms with Gasteiger partial charge in [0.25, 0.3) is 0 Å². The van der Waals surface area contributed by atoms with Gasteiger partial charge in [-0.3, -0.25) is 9.69 Å². The summed E-state index contributed by atoms with van der Waals surface area (Å²) in [6.07, 6.45) is 1.89. The van der Waals surface area contributed by atoms with Crippen LogP contribution in [0.3, 0.4) is 0 Å². The molecule has 2 heterocycles. The number of methoxy groups -OCH3 is 1. The van der Waals surface area contributed by atoms with Gasteiger partial charge in [0, 0.05) is 13.5 Å². The van der Waals surface area contributed by atoms with E-state index in [0.717, 1.165) is 19.4 Å². The molecular formula is C11H17N3O3. The lowest BCUT2D eigenvalue weighted by Crippen LogP contribution is -2.38. The van der Waals surface area contributed by atoms with Gasteiger partial charge in [-0.25, -0.2) is 0 Å². The Labute approximate surface area is 99.9 Å². The van der Waals surface area contributed by atoms with E-state index in [1.54, 1.807) is 6.92 Å². The normalized spacial score (nSPS) is 21.4. The zero-order chi connectivity index (χ0) is 12.3. The second-order valence-electron chi connectivity index (χ2n) is 4.33. The molecule has 0 aliphatic carbocycles. The molecule has 1 aromatic rings. The van der Waals surface area contributed by atoms with Gasteiger partial charge in [0.2, 0.25) is 5.89 Å². The minimum atomic E-state index is -0.126. The third-order valence-electron chi connectivity index (χ3n) is 2.97. The fourth-order valence-corrected chi connectivity index (χ4v) is 2.16. The van der Waals surface area contributed by atoms with Crippen molar-refractivity contribution in [2.75, 3.05) is 20.2 Å². The number of hydrogen-bond acceptors (Lipinski definition) is 6. The third kappa shape index (κ3) is 3.03. The lowest BCUT2D eigenvalue weighted by Gasteiger charge is -2.30. The molecule has 0 amide bonds. The molecule has 1 unspecified atom stereocenters. The van der Waals surface area contributed by atoms with Crippen LogP contribution in [0.4, 0.5) is 0 Å². The number of ether oxygens (including phenoxy) is 1. The summed E-state index contributed by atoms with van der Waals surface area (Å²) >= 11 is 0. The second kappa shape index (κ2) is 5.27. The zero-order valence-corrected chi connectivity index (χ0v) is 10.2. The number of carbonyl (C=O) groups excluding carboxylic acids is 1. The molecule has 1 aliphatic rings. The molecule has 0 saturated carbocycles. The van der Waals surface area contributed by atoms with Crippen LogP contribution in [0.15, 0.2) is 4.52 Å². The summed E-state index contributed by atoms with van der Waals surface area (Å²) < 4.78 is 9.70. The topological polar surface area (TPSA) is 68.5 Å². The van der Waals surface area contributed by atoms with E-state index in [9.17, 15) is 4.79 Å². The summed E-state index contributed by atoms with van der Waals surface area (Å²) in [6.45, 7) is 4.07. The largest absolute Gasteiger partial charge is 0.469 e. The van der Waals surface area contributed by atoms with Crippen molar-refractivity contribution in [2.45, 2.75) is 26.3 Å². The van der Waals surface area contributed by atoms with Crippen LogP contribution >= 0.6 is 0 Å². The maximum Gasteiger partial charge on any atom is 0.309 e. The fraction of sp³-hybridized carbons (Fsp3) is 0.727. The highest BCUT2D eigenvalue weighted by Crippen LogP contribution is 2.18. The molecule has 0 radical (unpaired) electrons. The Morgan fingerprint density at radius 2 is 2.47 bits per heavy atom. The van der Waals surface area contributed by atoms with Crippen molar-refractivity contribution in [1.29, 1.82) is 0 Å². The van der Waals surface area contributed by atoms with Crippen molar-refractivity contribution in [1.82, 2.24) is 15.0 Å². The van der Waals surface area contributed by atoms with E-state index in [1.807, 2.05) is 0 Å². The first-order valence-electron chi connectivity index (χ1n) is 5.78. The van der Waals surface area contributed by atoms with Crippen molar-refractivity contribution in [3.05, 3.63) is 11.7 Å². The molecule has 0 spiro atoms. The van der Waals surface area contributed by atoms with Gasteiger partial charge in [0.15, 0.2) is 5.82 Å². The molecular weight excluding hydrogens is 222 g/mol. The van der Waals surface area contributed by atoms with Gasteiger partial charge in [-0.2, -0.15) is 4.98 Å². The maximum absolute atomic E-state index is 11.5. The van der Waals surface area contributed by atoms with Crippen LogP contribution in [-0.2, 0) is 16.1 Å². The first kappa shape index (κ1) is 12.0. The molecule has 0 N–H and O–H groups in total. The molecule has 2 rings (SSSR count). The molecule has 1 fully saturated rings. The standard InChI is InChI=1S/C11H17N3O3/c1-8-12-10(13-17-8)7-14-5-3-4-9(6-14)11(15)16-2/h9H,3-7H2,1-2H3. The van der Waals surface area contributed by atoms with Crippen LogP contribution in [-0.4, -0.2) is 41.2 Å². The zero-order valence-electron chi connectivity index (χ0n) is 10.2. The highest BCUT2D eigenvalue weighted by atomic mass is 16.5. The van der Waals surface area contributed by atoms with Crippen molar-refractivity contribution < 1.29 is 14.1 Å². The molecule has 6 heteroatoms. The summed E-state index contributed by atoms with van der Waals surface area (Å²) in [5.41, 5.74) is 0. The first-order chi connectivity index (χ1) is 8.19. The van der Waals surface area contributed by atoms with Gasteiger partial charge in [-0.1, -0.05) is 5.16 Å². The van der Waals surface area contributed by atoms with E-state index in [4.69, 9.17) is 9.26 Å². The first-order valence-corrected chi connectivity index (χ1v) is 5.78. The molecule has 6 nitrogen and oxygen atoms in total. The Balaban J connectivity index is 1.91. The highest BCUT2D eigenvalue weighted by molar-refractivity contribution is 5.72. The van der Waals surface area contributed by atoms with Gasteiger partial charge in [0.05, 0.1) is 19.6 Å². The van der Waals surface area contributed by atoms with Crippen molar-refractivity contribution in [3.8, 4) is 0 Å². The van der Waals surface area contributed by atoms with Crippen LogP contribution in [0.5, 0.6) is 0 Å². The predicted molar refractivity (Wildman–Crippen MR) is 59.1 cm³/mol. The lowest BCUT2D eigenvalue weighted by molar-refractivity contribution is -0.147. The number of likely N-dealkylation sites (tertiary alicyclic amines) is 1. The summed E-state index contributed by atoms with van der Waals surface area (Å²) in [4.78, 5) is 17.8. The van der Waals surface area contributed by atoms with Gasteiger partial charge in [0.1, 0.15) is 0 Å². The predicted octanol–water partition coefficient (Wildman–Crippen LogP) is 0.763. The SMILES string of the molecule is COC(=O)C1CCCN(Cc2noc(C)n2)C1. The van der Waals surface area contributed by atoms with Gasteiger partial charge < -0.3 is 9.26 Å². The Hall–Kier alpha value is -1.43. The Bertz CT molecular complexity index is 391. The van der Waals surface area contributed by atoms with Gasteiger partial charge in [-0.15, -0.1) is 0 Å². The summed E-state index contributed by atoms with van der Waals surface area (Å²) in [5, 5.41) is 3.86. The average molecular weight is 239 g/mol. The average Bonchev–Trinajstić information content (AvgIpc) is 2.74. The van der Waals surface area contributed by atoms with E-state index in [-0.39, 0.29) is 11.9 Å². The van der Waals surface area contributed by atoms with Crippen molar-refractivity contribution in [3.63, 3.8) is 0 Å². The van der Waals surface area contributed by atoms with E-state index < -0.39 is 0 Å². The number of carbonyl (C=O) groups is 1. The monoisotopic (exact) mass is 239 g/mol. The number of aryl methyl sites for hydroxylation is 1. The smallest absolute Gasteiger partial charge is 0.309 e. The molecule has 0 aromatic carbocycles. The lowest BCUT2D eigenvalue weighted by atomic mass is 9.98. The minimum absolute atomic E-state index is 0.0262. The van der Waals surface area contributed by atoms with E-state index in [1.165, 1.54) is 7.11 Å². The Morgan fingerprint density at radius 3 is 3.12 bits per heavy atom. The fourth-order valence-electron chi connectivity index (χ4n) is 2.16. The van der Waals surface area contributed by atoms with Crippen LogP contribution < -0.4 is 0 Å². The van der Waals surface area contributed by atoms with Gasteiger partial charge >= 0.3 is 5.97 Å². The summed E-state index contributed by atoms with van der Waals surface area (Å²) in [7, 11) is 1.43. The van der Waals surface area contributed by atoms with E-state index in [0.29, 0.717) is 24.8 Å². The molecule has 1 aromatic heterocycles. The van der Waals surface area contributed by atoms with Crippen molar-refractivity contribution in [2.24, 2.45) is 5.92 Å². The maximum atomic E-state index is 11.5. The molecule has 94 valence electrons. The van der Waals surface area contributed by atoms with E-state index >= 15 is 0 Å². The Kier molecular flexibility index (Phi) is 3.73. The number of hydrogen-bond donors (Lipinski definition) is 0. The number of aromatic nitrogens is 2.